The van der Waals surface area contributed by atoms with Crippen molar-refractivity contribution < 1.29 is 9.53 Å². The molecular formula is C21H27ClN6O2. The second-order valence-electron chi connectivity index (χ2n) is 6.89. The van der Waals surface area contributed by atoms with Gasteiger partial charge in [-0.2, -0.15) is 0 Å². The van der Waals surface area contributed by atoms with Gasteiger partial charge in [0.2, 0.25) is 0 Å². The molecule has 2 heterocycles. The third kappa shape index (κ3) is 5.76. The summed E-state index contributed by atoms with van der Waals surface area (Å²) in [6, 6.07) is 9.36. The number of anilines is 1. The van der Waals surface area contributed by atoms with E-state index in [9.17, 15) is 4.79 Å². The van der Waals surface area contributed by atoms with Gasteiger partial charge >= 0.3 is 0 Å². The summed E-state index contributed by atoms with van der Waals surface area (Å²) in [7, 11) is 3.40. The molecule has 3 rings (SSSR count). The monoisotopic (exact) mass is 430 g/mol. The number of aliphatic imine (C=N–C) groups is 1. The Hall–Kier alpha value is -3.00. The highest BCUT2D eigenvalue weighted by molar-refractivity contribution is 6.30. The van der Waals surface area contributed by atoms with Gasteiger partial charge in [0.05, 0.1) is 18.4 Å². The summed E-state index contributed by atoms with van der Waals surface area (Å²) in [5.41, 5.74) is 1.54. The minimum Gasteiger partial charge on any atom is -0.495 e. The Bertz CT molecular complexity index is 877. The van der Waals surface area contributed by atoms with E-state index in [1.165, 1.54) is 0 Å². The van der Waals surface area contributed by atoms with Gasteiger partial charge in [-0.05, 0) is 36.8 Å². The molecule has 1 fully saturated rings. The van der Waals surface area contributed by atoms with Crippen molar-refractivity contribution in [3.63, 3.8) is 0 Å². The number of carbonyl (C=O) groups is 1. The molecule has 9 heteroatoms. The first-order valence-corrected chi connectivity index (χ1v) is 10.2. The van der Waals surface area contributed by atoms with Crippen LogP contribution in [0.1, 0.15) is 16.8 Å². The molecule has 0 aliphatic carbocycles. The summed E-state index contributed by atoms with van der Waals surface area (Å²) in [6.45, 7) is 2.75. The maximum absolute atomic E-state index is 12.0. The van der Waals surface area contributed by atoms with Gasteiger partial charge in [0.1, 0.15) is 5.75 Å². The van der Waals surface area contributed by atoms with Gasteiger partial charge in [-0.25, -0.2) is 0 Å². The number of pyridine rings is 1. The van der Waals surface area contributed by atoms with Gasteiger partial charge in [-0.15, -0.1) is 0 Å². The smallest absolute Gasteiger partial charge is 0.252 e. The molecule has 1 aromatic heterocycles. The highest BCUT2D eigenvalue weighted by Crippen LogP contribution is 2.33. The van der Waals surface area contributed by atoms with Crippen molar-refractivity contribution in [3.05, 3.63) is 53.3 Å². The van der Waals surface area contributed by atoms with Crippen LogP contribution in [-0.4, -0.2) is 63.2 Å². The van der Waals surface area contributed by atoms with Gasteiger partial charge < -0.3 is 25.6 Å². The van der Waals surface area contributed by atoms with Crippen molar-refractivity contribution in [1.82, 2.24) is 20.9 Å². The number of hydrogen-bond donors (Lipinski definition) is 3. The van der Waals surface area contributed by atoms with Gasteiger partial charge in [-0.3, -0.25) is 14.8 Å². The Balaban J connectivity index is 1.44. The summed E-state index contributed by atoms with van der Waals surface area (Å²) in [4.78, 5) is 22.5. The third-order valence-corrected chi connectivity index (χ3v) is 5.10. The van der Waals surface area contributed by atoms with Crippen LogP contribution in [0.4, 0.5) is 5.69 Å². The highest BCUT2D eigenvalue weighted by Gasteiger charge is 2.25. The maximum Gasteiger partial charge on any atom is 0.252 e. The van der Waals surface area contributed by atoms with E-state index in [1.807, 2.05) is 18.2 Å². The number of methoxy groups -OCH3 is 1. The molecule has 0 spiro atoms. The normalized spacial score (nSPS) is 16.3. The molecule has 1 aromatic carbocycles. The largest absolute Gasteiger partial charge is 0.495 e. The van der Waals surface area contributed by atoms with Crippen molar-refractivity contribution in [3.8, 4) is 5.75 Å². The minimum atomic E-state index is -0.144. The zero-order chi connectivity index (χ0) is 21.3. The lowest BCUT2D eigenvalue weighted by Crippen LogP contribution is -2.46. The summed E-state index contributed by atoms with van der Waals surface area (Å²) in [5, 5.41) is 10.2. The fourth-order valence-electron chi connectivity index (χ4n) is 3.35. The van der Waals surface area contributed by atoms with Crippen LogP contribution >= 0.6 is 11.6 Å². The van der Waals surface area contributed by atoms with E-state index in [-0.39, 0.29) is 11.9 Å². The quantitative estimate of drug-likeness (QED) is 0.353. The van der Waals surface area contributed by atoms with Crippen LogP contribution in [0.15, 0.2) is 47.7 Å². The summed E-state index contributed by atoms with van der Waals surface area (Å²) in [6.07, 6.45) is 4.15. The van der Waals surface area contributed by atoms with Crippen molar-refractivity contribution in [2.45, 2.75) is 12.5 Å². The Morgan fingerprint density at radius 3 is 2.90 bits per heavy atom. The number of halogens is 1. The predicted octanol–water partition coefficient (Wildman–Crippen LogP) is 1.92. The molecule has 160 valence electrons. The average molecular weight is 431 g/mol. The number of nitrogens with zero attached hydrogens (tertiary/aromatic N) is 3. The van der Waals surface area contributed by atoms with Crippen LogP contribution in [-0.2, 0) is 0 Å². The molecule has 1 atom stereocenters. The lowest BCUT2D eigenvalue weighted by Gasteiger charge is -2.22. The Morgan fingerprint density at radius 2 is 2.17 bits per heavy atom. The standard InChI is InChI=1S/C21H27ClN6O2/c1-23-21(26-10-9-25-20(29)15-4-3-8-24-13-15)27-17-7-11-28(14-17)18-12-16(22)5-6-19(18)30-2/h3-6,8,12-13,17H,7,9-11,14H2,1-2H3,(H,25,29)(H2,23,26,27). The number of guanidine groups is 1. The second kappa shape index (κ2) is 10.7. The molecule has 2 aromatic rings. The number of carbonyl (C=O) groups excluding carboxylic acids is 1. The molecule has 8 nitrogen and oxygen atoms in total. The van der Waals surface area contributed by atoms with Gasteiger partial charge in [0.15, 0.2) is 5.96 Å². The van der Waals surface area contributed by atoms with Crippen molar-refractivity contribution in [2.24, 2.45) is 4.99 Å². The Kier molecular flexibility index (Phi) is 7.73. The molecule has 1 aliphatic heterocycles. The number of benzene rings is 1. The lowest BCUT2D eigenvalue weighted by molar-refractivity contribution is 0.0954. The van der Waals surface area contributed by atoms with E-state index in [0.717, 1.165) is 30.9 Å². The second-order valence-corrected chi connectivity index (χ2v) is 7.33. The fraction of sp³-hybridized carbons (Fsp3) is 0.381. The highest BCUT2D eigenvalue weighted by atomic mass is 35.5. The van der Waals surface area contributed by atoms with E-state index in [1.54, 1.807) is 38.7 Å². The molecule has 1 aliphatic rings. The fourth-order valence-corrected chi connectivity index (χ4v) is 3.52. The van der Waals surface area contributed by atoms with E-state index in [2.05, 4.69) is 30.8 Å². The number of rotatable bonds is 7. The zero-order valence-electron chi connectivity index (χ0n) is 17.2. The lowest BCUT2D eigenvalue weighted by atomic mass is 10.2. The van der Waals surface area contributed by atoms with E-state index >= 15 is 0 Å². The maximum atomic E-state index is 12.0. The molecule has 0 bridgehead atoms. The number of hydrogen-bond acceptors (Lipinski definition) is 5. The first kappa shape index (κ1) is 21.7. The number of nitrogens with one attached hydrogen (secondary N) is 3. The average Bonchev–Trinajstić information content (AvgIpc) is 3.24. The number of ether oxygens (including phenoxy) is 1. The SMILES string of the molecule is CN=C(NCCNC(=O)c1cccnc1)NC1CCN(c2cc(Cl)ccc2OC)C1. The zero-order valence-corrected chi connectivity index (χ0v) is 17.9. The number of amides is 1. The summed E-state index contributed by atoms with van der Waals surface area (Å²) in [5.74, 6) is 1.37. The van der Waals surface area contributed by atoms with E-state index in [4.69, 9.17) is 16.3 Å². The Labute approximate surface area is 181 Å². The Morgan fingerprint density at radius 1 is 1.33 bits per heavy atom. The van der Waals surface area contributed by atoms with Crippen molar-refractivity contribution in [2.75, 3.05) is 45.2 Å². The predicted molar refractivity (Wildman–Crippen MR) is 120 cm³/mol. The molecule has 30 heavy (non-hydrogen) atoms. The molecular weight excluding hydrogens is 404 g/mol. The van der Waals surface area contributed by atoms with Crippen LogP contribution in [0.2, 0.25) is 5.02 Å². The molecule has 1 amide bonds. The molecule has 1 saturated heterocycles. The van der Waals surface area contributed by atoms with Crippen LogP contribution in [0.5, 0.6) is 5.75 Å². The van der Waals surface area contributed by atoms with Crippen molar-refractivity contribution >= 4 is 29.2 Å². The van der Waals surface area contributed by atoms with Crippen LogP contribution in [0.3, 0.4) is 0 Å². The van der Waals surface area contributed by atoms with Gasteiger partial charge in [-0.1, -0.05) is 11.6 Å². The minimum absolute atomic E-state index is 0.144. The van der Waals surface area contributed by atoms with Gasteiger partial charge in [0.25, 0.3) is 5.91 Å². The van der Waals surface area contributed by atoms with E-state index < -0.39 is 0 Å². The molecule has 0 saturated carbocycles. The summed E-state index contributed by atoms with van der Waals surface area (Å²) >= 11 is 6.17. The molecule has 0 radical (unpaired) electrons. The van der Waals surface area contributed by atoms with E-state index in [0.29, 0.717) is 29.6 Å². The van der Waals surface area contributed by atoms with Gasteiger partial charge in [0, 0.05) is 56.7 Å². The van der Waals surface area contributed by atoms with Crippen molar-refractivity contribution in [1.29, 1.82) is 0 Å². The summed E-state index contributed by atoms with van der Waals surface area (Å²) < 4.78 is 5.47. The first-order valence-electron chi connectivity index (χ1n) is 9.84. The first-order chi connectivity index (χ1) is 14.6. The molecule has 3 N–H and O–H groups in total. The number of aromatic nitrogens is 1. The van der Waals surface area contributed by atoms with Crippen LogP contribution in [0, 0.1) is 0 Å². The topological polar surface area (TPSA) is 90.9 Å². The molecule has 1 unspecified atom stereocenters. The van der Waals surface area contributed by atoms with Crippen LogP contribution < -0.4 is 25.6 Å². The van der Waals surface area contributed by atoms with Crippen LogP contribution in [0.25, 0.3) is 0 Å². The third-order valence-electron chi connectivity index (χ3n) is 4.86.